The maximum atomic E-state index is 10.4. The van der Waals surface area contributed by atoms with E-state index in [1.54, 1.807) is 0 Å². The van der Waals surface area contributed by atoms with Gasteiger partial charge in [-0.1, -0.05) is 13.3 Å². The third kappa shape index (κ3) is 3.43. The molecule has 0 spiro atoms. The predicted octanol–water partition coefficient (Wildman–Crippen LogP) is 4.50. The molecular formula is C18H26N2O2. The molecule has 0 aliphatic rings. The van der Waals surface area contributed by atoms with Crippen LogP contribution in [0.2, 0.25) is 0 Å². The van der Waals surface area contributed by atoms with Gasteiger partial charge in [-0.2, -0.15) is 5.10 Å². The molecule has 0 atom stereocenters. The van der Waals surface area contributed by atoms with Crippen molar-refractivity contribution in [3.63, 3.8) is 0 Å². The van der Waals surface area contributed by atoms with Gasteiger partial charge in [-0.3, -0.25) is 4.68 Å². The first-order chi connectivity index (χ1) is 10.3. The van der Waals surface area contributed by atoms with Gasteiger partial charge in [-0.15, -0.1) is 0 Å². The lowest BCUT2D eigenvalue weighted by Crippen LogP contribution is -2.24. The maximum absolute atomic E-state index is 10.4. The zero-order chi connectivity index (χ0) is 16.3. The molecule has 0 aliphatic heterocycles. The molecule has 22 heavy (non-hydrogen) atoms. The predicted molar refractivity (Wildman–Crippen MR) is 89.5 cm³/mol. The maximum Gasteiger partial charge on any atom is 0.164 e. The van der Waals surface area contributed by atoms with Crippen molar-refractivity contribution < 1.29 is 9.84 Å². The first-order valence-electron chi connectivity index (χ1n) is 7.87. The average molecular weight is 302 g/mol. The van der Waals surface area contributed by atoms with Crippen LogP contribution in [-0.4, -0.2) is 21.5 Å². The molecule has 1 aromatic heterocycles. The summed E-state index contributed by atoms with van der Waals surface area (Å²) in [5.74, 6) is 1.10. The summed E-state index contributed by atoms with van der Waals surface area (Å²) in [5.41, 5.74) is 2.13. The molecule has 0 amide bonds. The highest BCUT2D eigenvalue weighted by Crippen LogP contribution is 2.34. The molecule has 1 heterocycles. The molecule has 2 aromatic rings. The van der Waals surface area contributed by atoms with Crippen LogP contribution in [0.1, 0.15) is 46.2 Å². The van der Waals surface area contributed by atoms with Gasteiger partial charge < -0.3 is 9.84 Å². The van der Waals surface area contributed by atoms with E-state index in [2.05, 4.69) is 32.8 Å². The Balaban J connectivity index is 2.25. The highest BCUT2D eigenvalue weighted by molar-refractivity contribution is 5.67. The van der Waals surface area contributed by atoms with Crippen LogP contribution in [0.5, 0.6) is 11.5 Å². The zero-order valence-electron chi connectivity index (χ0n) is 14.2. The molecule has 0 unspecified atom stereocenters. The van der Waals surface area contributed by atoms with Crippen molar-refractivity contribution in [1.29, 1.82) is 0 Å². The Kier molecular flexibility index (Phi) is 4.79. The third-order valence-corrected chi connectivity index (χ3v) is 3.61. The highest BCUT2D eigenvalue weighted by Gasteiger charge is 2.22. The number of hydrogen-bond acceptors (Lipinski definition) is 3. The summed E-state index contributed by atoms with van der Waals surface area (Å²) in [5, 5.41) is 14.9. The fraction of sp³-hybridized carbons (Fsp3) is 0.500. The van der Waals surface area contributed by atoms with Crippen molar-refractivity contribution in [3.8, 4) is 22.8 Å². The molecule has 0 saturated heterocycles. The molecule has 0 aliphatic carbocycles. The SMILES string of the molecule is CCCCOc1ccc(-c2nn(C(C)(C)C)c(C)c2O)cc1. The van der Waals surface area contributed by atoms with E-state index < -0.39 is 0 Å². The monoisotopic (exact) mass is 302 g/mol. The molecule has 2 rings (SSSR count). The topological polar surface area (TPSA) is 47.3 Å². The number of rotatable bonds is 5. The van der Waals surface area contributed by atoms with Crippen molar-refractivity contribution in [3.05, 3.63) is 30.0 Å². The summed E-state index contributed by atoms with van der Waals surface area (Å²) in [4.78, 5) is 0. The Morgan fingerprint density at radius 2 is 1.82 bits per heavy atom. The van der Waals surface area contributed by atoms with E-state index in [1.807, 2.05) is 35.9 Å². The largest absolute Gasteiger partial charge is 0.504 e. The van der Waals surface area contributed by atoms with E-state index in [1.165, 1.54) is 0 Å². The van der Waals surface area contributed by atoms with Gasteiger partial charge in [0.15, 0.2) is 5.75 Å². The molecule has 0 bridgehead atoms. The van der Waals surface area contributed by atoms with E-state index in [-0.39, 0.29) is 11.3 Å². The number of nitrogens with zero attached hydrogens (tertiary/aromatic N) is 2. The minimum atomic E-state index is -0.164. The van der Waals surface area contributed by atoms with Crippen LogP contribution in [0, 0.1) is 6.92 Å². The number of aromatic hydroxyl groups is 1. The second-order valence-corrected chi connectivity index (χ2v) is 6.59. The summed E-state index contributed by atoms with van der Waals surface area (Å²) in [6.45, 7) is 11.0. The molecule has 120 valence electrons. The van der Waals surface area contributed by atoms with Crippen molar-refractivity contribution in [2.45, 2.75) is 53.0 Å². The van der Waals surface area contributed by atoms with Crippen molar-refractivity contribution in [1.82, 2.24) is 9.78 Å². The number of unbranched alkanes of at least 4 members (excludes halogenated alkanes) is 1. The zero-order valence-corrected chi connectivity index (χ0v) is 14.2. The summed E-state index contributed by atoms with van der Waals surface area (Å²) in [6, 6.07) is 7.73. The smallest absolute Gasteiger partial charge is 0.164 e. The fourth-order valence-corrected chi connectivity index (χ4v) is 2.38. The lowest BCUT2D eigenvalue weighted by Gasteiger charge is -2.20. The third-order valence-electron chi connectivity index (χ3n) is 3.61. The van der Waals surface area contributed by atoms with Gasteiger partial charge in [0.1, 0.15) is 11.4 Å². The normalized spacial score (nSPS) is 11.7. The van der Waals surface area contributed by atoms with Crippen molar-refractivity contribution >= 4 is 0 Å². The second kappa shape index (κ2) is 6.42. The first-order valence-corrected chi connectivity index (χ1v) is 7.87. The standard InChI is InChI=1S/C18H26N2O2/c1-6-7-12-22-15-10-8-14(9-11-15)16-17(21)13(2)20(19-16)18(3,4)5/h8-11,21H,6-7,12H2,1-5H3. The molecule has 4 nitrogen and oxygen atoms in total. The van der Waals surface area contributed by atoms with Crippen LogP contribution in [0.3, 0.4) is 0 Å². The van der Waals surface area contributed by atoms with Crippen LogP contribution in [0.15, 0.2) is 24.3 Å². The molecule has 4 heteroatoms. The molecule has 1 aromatic carbocycles. The van der Waals surface area contributed by atoms with E-state index in [9.17, 15) is 5.11 Å². The summed E-state index contributed by atoms with van der Waals surface area (Å²) < 4.78 is 7.53. The summed E-state index contributed by atoms with van der Waals surface area (Å²) in [7, 11) is 0. The van der Waals surface area contributed by atoms with Gasteiger partial charge >= 0.3 is 0 Å². The average Bonchev–Trinajstić information content (AvgIpc) is 2.76. The second-order valence-electron chi connectivity index (χ2n) is 6.59. The quantitative estimate of drug-likeness (QED) is 0.827. The van der Waals surface area contributed by atoms with Gasteiger partial charge in [0, 0.05) is 5.56 Å². The number of ether oxygens (including phenoxy) is 1. The number of benzene rings is 1. The Morgan fingerprint density at radius 1 is 1.18 bits per heavy atom. The Hall–Kier alpha value is -1.97. The number of hydrogen-bond donors (Lipinski definition) is 1. The first kappa shape index (κ1) is 16.4. The Labute approximate surface area is 132 Å². The highest BCUT2D eigenvalue weighted by atomic mass is 16.5. The minimum absolute atomic E-state index is 0.164. The molecule has 0 saturated carbocycles. The van der Waals surface area contributed by atoms with Crippen LogP contribution in [0.4, 0.5) is 0 Å². The Morgan fingerprint density at radius 3 is 2.32 bits per heavy atom. The molecule has 1 N–H and O–H groups in total. The molecular weight excluding hydrogens is 276 g/mol. The lowest BCUT2D eigenvalue weighted by atomic mass is 10.1. The molecule has 0 fully saturated rings. The summed E-state index contributed by atoms with van der Waals surface area (Å²) >= 11 is 0. The number of aromatic nitrogens is 2. The van der Waals surface area contributed by atoms with Crippen molar-refractivity contribution in [2.24, 2.45) is 0 Å². The van der Waals surface area contributed by atoms with E-state index >= 15 is 0 Å². The van der Waals surface area contributed by atoms with E-state index in [0.717, 1.165) is 36.5 Å². The van der Waals surface area contributed by atoms with Crippen molar-refractivity contribution in [2.75, 3.05) is 6.61 Å². The fourth-order valence-electron chi connectivity index (χ4n) is 2.38. The van der Waals surface area contributed by atoms with Gasteiger partial charge in [0.2, 0.25) is 0 Å². The minimum Gasteiger partial charge on any atom is -0.504 e. The molecule has 0 radical (unpaired) electrons. The van der Waals surface area contributed by atoms with Crippen LogP contribution < -0.4 is 4.74 Å². The van der Waals surface area contributed by atoms with Crippen LogP contribution in [-0.2, 0) is 5.54 Å². The van der Waals surface area contributed by atoms with Crippen LogP contribution in [0.25, 0.3) is 11.3 Å². The van der Waals surface area contributed by atoms with Gasteiger partial charge in [-0.25, -0.2) is 0 Å². The van der Waals surface area contributed by atoms with Gasteiger partial charge in [0.25, 0.3) is 0 Å². The summed E-state index contributed by atoms with van der Waals surface area (Å²) in [6.07, 6.45) is 2.17. The van der Waals surface area contributed by atoms with Gasteiger partial charge in [-0.05, 0) is 58.4 Å². The van der Waals surface area contributed by atoms with E-state index in [0.29, 0.717) is 5.69 Å². The van der Waals surface area contributed by atoms with E-state index in [4.69, 9.17) is 4.74 Å². The van der Waals surface area contributed by atoms with Crippen LogP contribution >= 0.6 is 0 Å². The van der Waals surface area contributed by atoms with Gasteiger partial charge in [0.05, 0.1) is 17.8 Å². The Bertz CT molecular complexity index is 622. The lowest BCUT2D eigenvalue weighted by molar-refractivity contribution is 0.309.